The number of nitrogen functional groups attached to an aromatic ring is 1. The van der Waals surface area contributed by atoms with Gasteiger partial charge in [-0.15, -0.1) is 0 Å². The molecule has 0 spiro atoms. The molecule has 0 bridgehead atoms. The minimum atomic E-state index is -0.0136. The maximum atomic E-state index is 12.5. The maximum Gasteiger partial charge on any atom is 0.254 e. The molecule has 5 nitrogen and oxygen atoms in total. The number of benzene rings is 1. The minimum Gasteiger partial charge on any atom is -0.384 e. The number of nitrogens with two attached hydrogens (primary N) is 1. The lowest BCUT2D eigenvalue weighted by Crippen LogP contribution is -2.20. The largest absolute Gasteiger partial charge is 0.384 e. The number of aromatic amines is 1. The molecule has 6 heteroatoms. The zero-order chi connectivity index (χ0) is 19.1. The normalized spacial score (nSPS) is 10.9. The fourth-order valence-electron chi connectivity index (χ4n) is 2.94. The molecule has 3 aromatic rings. The Morgan fingerprint density at radius 2 is 1.89 bits per heavy atom. The Bertz CT molecular complexity index is 940. The summed E-state index contributed by atoms with van der Waals surface area (Å²) in [5, 5.41) is 0. The van der Waals surface area contributed by atoms with Crippen LogP contribution in [-0.4, -0.2) is 20.7 Å². The second-order valence-corrected chi connectivity index (χ2v) is 7.56. The van der Waals surface area contributed by atoms with Crippen LogP contribution in [0, 0.1) is 6.92 Å². The highest BCUT2D eigenvalue weighted by Crippen LogP contribution is 2.14. The number of thioether (sulfide) groups is 1. The summed E-state index contributed by atoms with van der Waals surface area (Å²) < 4.78 is 0. The van der Waals surface area contributed by atoms with E-state index in [2.05, 4.69) is 27.1 Å². The van der Waals surface area contributed by atoms with E-state index >= 15 is 0 Å². The number of hydrogen-bond acceptors (Lipinski definition) is 5. The zero-order valence-corrected chi connectivity index (χ0v) is 16.3. The first-order chi connectivity index (χ1) is 13.1. The van der Waals surface area contributed by atoms with Crippen molar-refractivity contribution in [2.75, 3.05) is 11.5 Å². The number of rotatable bonds is 8. The summed E-state index contributed by atoms with van der Waals surface area (Å²) in [5.74, 6) is 3.04. The molecule has 0 atom stereocenters. The topological polar surface area (TPSA) is 84.7 Å². The molecule has 0 saturated heterocycles. The Morgan fingerprint density at radius 1 is 1.07 bits per heavy atom. The second kappa shape index (κ2) is 9.37. The standard InChI is InChI=1S/C21H24N4OS/c1-15-18(8-7-16-5-3-2-4-6-16)21(26)25-20(24-15)10-12-27-14-17-9-11-23-19(22)13-17/h2-6,9,11,13H,7-8,10,12,14H2,1H3,(H2,22,23)(H,24,25,26). The lowest BCUT2D eigenvalue weighted by molar-refractivity contribution is 0.840. The summed E-state index contributed by atoms with van der Waals surface area (Å²) in [7, 11) is 0. The molecule has 0 aliphatic carbocycles. The lowest BCUT2D eigenvalue weighted by atomic mass is 10.0. The third-order valence-corrected chi connectivity index (χ3v) is 5.41. The van der Waals surface area contributed by atoms with Gasteiger partial charge in [0, 0.05) is 35.4 Å². The summed E-state index contributed by atoms with van der Waals surface area (Å²) in [6.45, 7) is 1.92. The average Bonchev–Trinajstić information content (AvgIpc) is 2.65. The first kappa shape index (κ1) is 19.2. The quantitative estimate of drug-likeness (QED) is 0.586. The van der Waals surface area contributed by atoms with Gasteiger partial charge in [0.25, 0.3) is 5.56 Å². The Kier molecular flexibility index (Phi) is 6.65. The number of hydrogen-bond donors (Lipinski definition) is 2. The van der Waals surface area contributed by atoms with E-state index in [0.29, 0.717) is 12.2 Å². The van der Waals surface area contributed by atoms with Crippen molar-refractivity contribution in [3.8, 4) is 0 Å². The average molecular weight is 381 g/mol. The second-order valence-electron chi connectivity index (χ2n) is 6.45. The van der Waals surface area contributed by atoms with Crippen molar-refractivity contribution in [1.82, 2.24) is 15.0 Å². The molecule has 27 heavy (non-hydrogen) atoms. The molecule has 3 N–H and O–H groups in total. The molecule has 0 aliphatic rings. The number of pyridine rings is 1. The molecule has 140 valence electrons. The molecule has 0 aliphatic heterocycles. The number of aryl methyl sites for hydroxylation is 3. The molecule has 0 fully saturated rings. The van der Waals surface area contributed by atoms with Crippen molar-refractivity contribution in [3.63, 3.8) is 0 Å². The van der Waals surface area contributed by atoms with Crippen LogP contribution in [-0.2, 0) is 25.0 Å². The van der Waals surface area contributed by atoms with Crippen LogP contribution in [0.4, 0.5) is 5.82 Å². The molecular weight excluding hydrogens is 356 g/mol. The first-order valence-electron chi connectivity index (χ1n) is 9.02. The van der Waals surface area contributed by atoms with Crippen LogP contribution in [0.5, 0.6) is 0 Å². The highest BCUT2D eigenvalue weighted by atomic mass is 32.2. The minimum absolute atomic E-state index is 0.0136. The third-order valence-electron chi connectivity index (χ3n) is 4.38. The van der Waals surface area contributed by atoms with E-state index in [9.17, 15) is 4.79 Å². The number of nitrogens with zero attached hydrogens (tertiary/aromatic N) is 2. The molecule has 0 saturated carbocycles. The maximum absolute atomic E-state index is 12.5. The Hall–Kier alpha value is -2.60. The van der Waals surface area contributed by atoms with Crippen molar-refractivity contribution in [2.24, 2.45) is 0 Å². The Labute approximate surface area is 163 Å². The summed E-state index contributed by atoms with van der Waals surface area (Å²) >= 11 is 1.79. The molecule has 0 radical (unpaired) electrons. The predicted octanol–water partition coefficient (Wildman–Crippen LogP) is 3.32. The zero-order valence-electron chi connectivity index (χ0n) is 15.4. The molecule has 0 unspecified atom stereocenters. The van der Waals surface area contributed by atoms with Crippen LogP contribution in [0.2, 0.25) is 0 Å². The van der Waals surface area contributed by atoms with Crippen molar-refractivity contribution in [2.45, 2.75) is 31.9 Å². The van der Waals surface area contributed by atoms with E-state index in [0.717, 1.165) is 47.0 Å². The van der Waals surface area contributed by atoms with Gasteiger partial charge in [0.1, 0.15) is 11.6 Å². The Balaban J connectivity index is 1.53. The van der Waals surface area contributed by atoms with Crippen molar-refractivity contribution in [1.29, 1.82) is 0 Å². The summed E-state index contributed by atoms with van der Waals surface area (Å²) in [5.41, 5.74) is 9.67. The number of anilines is 1. The van der Waals surface area contributed by atoms with E-state index in [1.54, 1.807) is 18.0 Å². The van der Waals surface area contributed by atoms with E-state index in [-0.39, 0.29) is 5.56 Å². The smallest absolute Gasteiger partial charge is 0.254 e. The van der Waals surface area contributed by atoms with Crippen LogP contribution in [0.15, 0.2) is 53.5 Å². The summed E-state index contributed by atoms with van der Waals surface area (Å²) in [6, 6.07) is 14.1. The van der Waals surface area contributed by atoms with Crippen LogP contribution in [0.25, 0.3) is 0 Å². The fraction of sp³-hybridized carbons (Fsp3) is 0.286. The SMILES string of the molecule is Cc1nc(CCSCc2ccnc(N)c2)[nH]c(=O)c1CCc1ccccc1. The van der Waals surface area contributed by atoms with Gasteiger partial charge in [0.2, 0.25) is 0 Å². The van der Waals surface area contributed by atoms with Gasteiger partial charge >= 0.3 is 0 Å². The first-order valence-corrected chi connectivity index (χ1v) is 10.2. The van der Waals surface area contributed by atoms with Crippen LogP contribution < -0.4 is 11.3 Å². The summed E-state index contributed by atoms with van der Waals surface area (Å²) in [4.78, 5) is 24.0. The van der Waals surface area contributed by atoms with Crippen molar-refractivity contribution < 1.29 is 0 Å². The van der Waals surface area contributed by atoms with Crippen LogP contribution in [0.3, 0.4) is 0 Å². The van der Waals surface area contributed by atoms with Gasteiger partial charge in [-0.2, -0.15) is 11.8 Å². The van der Waals surface area contributed by atoms with Crippen LogP contribution in [0.1, 0.15) is 28.2 Å². The van der Waals surface area contributed by atoms with Gasteiger partial charge in [-0.25, -0.2) is 9.97 Å². The molecular formula is C21H24N4OS. The van der Waals surface area contributed by atoms with Crippen LogP contribution >= 0.6 is 11.8 Å². The highest BCUT2D eigenvalue weighted by Gasteiger charge is 2.08. The fourth-order valence-corrected chi connectivity index (χ4v) is 3.84. The number of nitrogens with one attached hydrogen (secondary N) is 1. The van der Waals surface area contributed by atoms with E-state index in [4.69, 9.17) is 5.73 Å². The molecule has 0 amide bonds. The van der Waals surface area contributed by atoms with E-state index < -0.39 is 0 Å². The van der Waals surface area contributed by atoms with Gasteiger partial charge in [0.05, 0.1) is 0 Å². The molecule has 2 aromatic heterocycles. The monoisotopic (exact) mass is 380 g/mol. The van der Waals surface area contributed by atoms with Crippen molar-refractivity contribution >= 4 is 17.6 Å². The molecule has 3 rings (SSSR count). The third kappa shape index (κ3) is 5.69. The van der Waals surface area contributed by atoms with E-state index in [1.807, 2.05) is 37.3 Å². The van der Waals surface area contributed by atoms with Gasteiger partial charge in [0.15, 0.2) is 0 Å². The number of H-pyrrole nitrogens is 1. The number of aromatic nitrogens is 3. The summed E-state index contributed by atoms with van der Waals surface area (Å²) in [6.07, 6.45) is 4.01. The lowest BCUT2D eigenvalue weighted by Gasteiger charge is -2.08. The van der Waals surface area contributed by atoms with Gasteiger partial charge < -0.3 is 10.7 Å². The molecule has 1 aromatic carbocycles. The van der Waals surface area contributed by atoms with E-state index in [1.165, 1.54) is 5.56 Å². The molecule has 2 heterocycles. The highest BCUT2D eigenvalue weighted by molar-refractivity contribution is 7.98. The predicted molar refractivity (Wildman–Crippen MR) is 112 cm³/mol. The Morgan fingerprint density at radius 3 is 2.63 bits per heavy atom. The van der Waals surface area contributed by atoms with Gasteiger partial charge in [-0.3, -0.25) is 4.79 Å². The van der Waals surface area contributed by atoms with Gasteiger partial charge in [-0.05, 0) is 43.0 Å². The van der Waals surface area contributed by atoms with Crippen molar-refractivity contribution in [3.05, 3.63) is 87.2 Å². The van der Waals surface area contributed by atoms with Gasteiger partial charge in [-0.1, -0.05) is 30.3 Å².